The molecule has 0 saturated carbocycles. The van der Waals surface area contributed by atoms with E-state index in [2.05, 4.69) is 36.4 Å². The first-order chi connectivity index (χ1) is 18.3. The van der Waals surface area contributed by atoms with Gasteiger partial charge in [-0.05, 0) is 16.7 Å². The molecule has 6 nitrogen and oxygen atoms in total. The molecule has 0 bridgehead atoms. The topological polar surface area (TPSA) is 58.7 Å². The number of rotatable bonds is 10. The van der Waals surface area contributed by atoms with Gasteiger partial charge in [-0.2, -0.15) is 0 Å². The summed E-state index contributed by atoms with van der Waals surface area (Å²) in [5.41, 5.74) is 3.35. The summed E-state index contributed by atoms with van der Waals surface area (Å²) in [6, 6.07) is 30.6. The van der Waals surface area contributed by atoms with Crippen LogP contribution in [0.2, 0.25) is 0 Å². The molecule has 0 aromatic heterocycles. The second-order valence-corrected chi connectivity index (χ2v) is 9.98. The van der Waals surface area contributed by atoms with Gasteiger partial charge in [0.05, 0.1) is 45.2 Å². The van der Waals surface area contributed by atoms with E-state index in [0.29, 0.717) is 33.0 Å². The highest BCUT2D eigenvalue weighted by molar-refractivity contribution is 5.15. The second kappa shape index (κ2) is 11.9. The Hall–Kier alpha value is -2.58. The van der Waals surface area contributed by atoms with Crippen molar-refractivity contribution in [1.82, 2.24) is 0 Å². The van der Waals surface area contributed by atoms with Crippen molar-refractivity contribution in [3.8, 4) is 0 Å². The third kappa shape index (κ3) is 6.29. The van der Waals surface area contributed by atoms with E-state index in [0.717, 1.165) is 23.1 Å². The van der Waals surface area contributed by atoms with Crippen molar-refractivity contribution < 1.29 is 28.4 Å². The third-order valence-electron chi connectivity index (χ3n) is 7.30. The summed E-state index contributed by atoms with van der Waals surface area (Å²) in [6.07, 6.45) is -0.180. The first kappa shape index (κ1) is 24.7. The van der Waals surface area contributed by atoms with Crippen molar-refractivity contribution in [2.75, 3.05) is 13.2 Å². The lowest BCUT2D eigenvalue weighted by Gasteiger charge is -2.46. The highest BCUT2D eigenvalue weighted by Crippen LogP contribution is 2.39. The van der Waals surface area contributed by atoms with Gasteiger partial charge < -0.3 is 28.4 Å². The van der Waals surface area contributed by atoms with E-state index < -0.39 is 0 Å². The minimum absolute atomic E-state index is 0.139. The molecule has 0 unspecified atom stereocenters. The molecule has 6 heteroatoms. The molecule has 37 heavy (non-hydrogen) atoms. The Morgan fingerprint density at radius 3 is 1.78 bits per heavy atom. The first-order valence-electron chi connectivity index (χ1n) is 13.2. The largest absolute Gasteiger partial charge is 0.374 e. The highest BCUT2D eigenvalue weighted by atomic mass is 16.7. The molecule has 0 spiro atoms. The van der Waals surface area contributed by atoms with E-state index in [4.69, 9.17) is 28.4 Å². The zero-order valence-electron chi connectivity index (χ0n) is 20.9. The van der Waals surface area contributed by atoms with Crippen molar-refractivity contribution in [1.29, 1.82) is 0 Å². The zero-order valence-corrected chi connectivity index (χ0v) is 20.9. The van der Waals surface area contributed by atoms with Crippen molar-refractivity contribution in [3.63, 3.8) is 0 Å². The van der Waals surface area contributed by atoms with Gasteiger partial charge in [-0.25, -0.2) is 0 Å². The minimum Gasteiger partial charge on any atom is -0.374 e. The van der Waals surface area contributed by atoms with Gasteiger partial charge in [0.25, 0.3) is 0 Å². The molecule has 0 aliphatic carbocycles. The Morgan fingerprint density at radius 2 is 1.16 bits per heavy atom. The molecule has 0 N–H and O–H groups in total. The normalized spacial score (nSPS) is 30.6. The van der Waals surface area contributed by atoms with Gasteiger partial charge in [0.15, 0.2) is 0 Å². The smallest absolute Gasteiger partial charge is 0.115 e. The number of hydrogen-bond acceptors (Lipinski definition) is 6. The summed E-state index contributed by atoms with van der Waals surface area (Å²) in [7, 11) is 0. The van der Waals surface area contributed by atoms with E-state index in [9.17, 15) is 0 Å². The maximum Gasteiger partial charge on any atom is 0.115 e. The van der Waals surface area contributed by atoms with Crippen LogP contribution < -0.4 is 0 Å². The first-order valence-corrected chi connectivity index (χ1v) is 13.2. The third-order valence-corrected chi connectivity index (χ3v) is 7.30. The molecule has 0 radical (unpaired) electrons. The molecule has 3 saturated heterocycles. The maximum absolute atomic E-state index is 6.65. The monoisotopic (exact) mass is 502 g/mol. The Morgan fingerprint density at radius 1 is 0.595 bits per heavy atom. The summed E-state index contributed by atoms with van der Waals surface area (Å²) >= 11 is 0. The van der Waals surface area contributed by atoms with E-state index in [-0.39, 0.29) is 42.7 Å². The van der Waals surface area contributed by atoms with Gasteiger partial charge in [0.2, 0.25) is 0 Å². The fraction of sp³-hybridized carbons (Fsp3) is 0.419. The number of hydrogen-bond donors (Lipinski definition) is 0. The van der Waals surface area contributed by atoms with Crippen LogP contribution >= 0.6 is 0 Å². The summed E-state index contributed by atoms with van der Waals surface area (Å²) in [5.74, 6) is 0. The Bertz CT molecular complexity index is 1090. The van der Waals surface area contributed by atoms with E-state index in [1.807, 2.05) is 54.6 Å². The Balaban J connectivity index is 1.22. The number of epoxide rings is 1. The Kier molecular flexibility index (Phi) is 7.93. The van der Waals surface area contributed by atoms with Crippen LogP contribution in [0.4, 0.5) is 0 Å². The van der Waals surface area contributed by atoms with Gasteiger partial charge >= 0.3 is 0 Å². The average molecular weight is 503 g/mol. The van der Waals surface area contributed by atoms with Crippen molar-refractivity contribution in [2.24, 2.45) is 0 Å². The van der Waals surface area contributed by atoms with Crippen LogP contribution in [0.3, 0.4) is 0 Å². The fourth-order valence-electron chi connectivity index (χ4n) is 5.28. The fourth-order valence-corrected chi connectivity index (χ4v) is 5.28. The summed E-state index contributed by atoms with van der Waals surface area (Å²) < 4.78 is 38.1. The predicted molar refractivity (Wildman–Crippen MR) is 138 cm³/mol. The van der Waals surface area contributed by atoms with Crippen molar-refractivity contribution >= 4 is 0 Å². The van der Waals surface area contributed by atoms with Crippen molar-refractivity contribution in [3.05, 3.63) is 108 Å². The van der Waals surface area contributed by atoms with Crippen LogP contribution in [0, 0.1) is 0 Å². The average Bonchev–Trinajstić information content (AvgIpc) is 3.71. The molecule has 194 valence electrons. The predicted octanol–water partition coefficient (Wildman–Crippen LogP) is 4.70. The number of benzene rings is 3. The second-order valence-electron chi connectivity index (χ2n) is 9.98. The van der Waals surface area contributed by atoms with E-state index in [1.54, 1.807) is 0 Å². The van der Waals surface area contributed by atoms with Gasteiger partial charge in [-0.15, -0.1) is 0 Å². The Labute approximate surface area is 218 Å². The molecule has 3 aliphatic heterocycles. The molecule has 3 heterocycles. The standard InChI is InChI=1S/C31H34O6/c1-4-10-22(11-5-1)17-32-20-28-30(33-18-23-12-6-2-7-13-23)31(34-19-24-14-8-3-9-15-24)29-26(37-28)16-25-27(36-25)21-35-29/h1-15,25-31H,16-21H2/t25-,26-,27+,28+,29-,30+,31+/m0/s1. The molecule has 3 aromatic carbocycles. The van der Waals surface area contributed by atoms with Crippen LogP contribution in [0.1, 0.15) is 23.1 Å². The number of ether oxygens (including phenoxy) is 6. The van der Waals surface area contributed by atoms with Gasteiger partial charge in [0.1, 0.15) is 30.5 Å². The molecule has 7 atom stereocenters. The molecule has 3 aliphatic rings. The summed E-state index contributed by atoms with van der Waals surface area (Å²) in [5, 5.41) is 0. The van der Waals surface area contributed by atoms with Crippen LogP contribution in [0.25, 0.3) is 0 Å². The van der Waals surface area contributed by atoms with Crippen molar-refractivity contribution in [2.45, 2.75) is 69.0 Å². The van der Waals surface area contributed by atoms with Crippen LogP contribution in [0.5, 0.6) is 0 Å². The van der Waals surface area contributed by atoms with Gasteiger partial charge in [0, 0.05) is 6.42 Å². The molecular formula is C31H34O6. The van der Waals surface area contributed by atoms with Gasteiger partial charge in [-0.3, -0.25) is 0 Å². The SMILES string of the molecule is c1ccc(COC[C@H]2O[C@H]3C[C@@H]4O[C@@H]4CO[C@@H]3[C@@H](OCc3ccccc3)[C@@H]2OCc2ccccc2)cc1. The minimum atomic E-state index is -0.351. The lowest BCUT2D eigenvalue weighted by Crippen LogP contribution is -2.61. The van der Waals surface area contributed by atoms with E-state index in [1.165, 1.54) is 0 Å². The summed E-state index contributed by atoms with van der Waals surface area (Å²) in [4.78, 5) is 0. The van der Waals surface area contributed by atoms with Crippen LogP contribution in [-0.4, -0.2) is 55.9 Å². The lowest BCUT2D eigenvalue weighted by molar-refractivity contribution is -0.271. The summed E-state index contributed by atoms with van der Waals surface area (Å²) in [6.45, 7) is 2.41. The molecule has 6 rings (SSSR count). The quantitative estimate of drug-likeness (QED) is 0.375. The van der Waals surface area contributed by atoms with Crippen LogP contribution in [-0.2, 0) is 48.2 Å². The molecular weight excluding hydrogens is 468 g/mol. The maximum atomic E-state index is 6.65. The van der Waals surface area contributed by atoms with E-state index >= 15 is 0 Å². The molecule has 3 aromatic rings. The van der Waals surface area contributed by atoms with Gasteiger partial charge in [-0.1, -0.05) is 91.0 Å². The van der Waals surface area contributed by atoms with Crippen LogP contribution in [0.15, 0.2) is 91.0 Å². The molecule has 3 fully saturated rings. The zero-order chi connectivity index (χ0) is 24.9. The number of fused-ring (bicyclic) bond motifs is 2. The lowest BCUT2D eigenvalue weighted by atomic mass is 9.92. The highest BCUT2D eigenvalue weighted by Gasteiger charge is 2.54. The molecule has 0 amide bonds.